The van der Waals surface area contributed by atoms with Crippen LogP contribution in [0.2, 0.25) is 0 Å². The fourth-order valence-corrected chi connectivity index (χ4v) is 2.23. The van der Waals surface area contributed by atoms with Crippen LogP contribution in [0.1, 0.15) is 78.6 Å². The molecule has 0 bridgehead atoms. The third kappa shape index (κ3) is 7.54. The van der Waals surface area contributed by atoms with E-state index in [0.717, 1.165) is 25.7 Å². The lowest BCUT2D eigenvalue weighted by Gasteiger charge is -2.18. The standard InChI is InChI=1S/C15H30O2/c1-4-7-8-9-10-11-12-14(16)15(17)13(5-2)6-3/h13,15,17H,4-12H2,1-3H3. The van der Waals surface area contributed by atoms with Crippen LogP contribution >= 0.6 is 0 Å². The Bertz CT molecular complexity index is 185. The smallest absolute Gasteiger partial charge is 0.161 e. The number of Topliss-reactive ketones (excluding diaryl/α,β-unsaturated/α-hetero) is 1. The predicted octanol–water partition coefficient (Wildman–Crippen LogP) is 4.10. The molecule has 0 radical (unpaired) electrons. The Morgan fingerprint density at radius 3 is 2.00 bits per heavy atom. The fraction of sp³-hybridized carbons (Fsp3) is 0.933. The zero-order valence-corrected chi connectivity index (χ0v) is 11.9. The number of rotatable bonds is 11. The van der Waals surface area contributed by atoms with Crippen molar-refractivity contribution in [1.82, 2.24) is 0 Å². The highest BCUT2D eigenvalue weighted by atomic mass is 16.3. The predicted molar refractivity (Wildman–Crippen MR) is 73.1 cm³/mol. The molecule has 1 atom stereocenters. The minimum atomic E-state index is -0.722. The quantitative estimate of drug-likeness (QED) is 0.554. The molecule has 0 heterocycles. The van der Waals surface area contributed by atoms with Crippen LogP contribution < -0.4 is 0 Å². The average Bonchev–Trinajstić information content (AvgIpc) is 2.34. The van der Waals surface area contributed by atoms with Crippen LogP contribution in [0.25, 0.3) is 0 Å². The lowest BCUT2D eigenvalue weighted by Crippen LogP contribution is -2.28. The number of ketones is 1. The van der Waals surface area contributed by atoms with E-state index in [1.54, 1.807) is 0 Å². The molecule has 17 heavy (non-hydrogen) atoms. The molecule has 0 aliphatic heterocycles. The SMILES string of the molecule is CCCCCCCCC(=O)C(O)C(CC)CC. The van der Waals surface area contributed by atoms with Gasteiger partial charge in [-0.15, -0.1) is 0 Å². The highest BCUT2D eigenvalue weighted by Gasteiger charge is 2.22. The Labute approximate surface area is 107 Å². The molecular weight excluding hydrogens is 212 g/mol. The van der Waals surface area contributed by atoms with Gasteiger partial charge in [-0.1, -0.05) is 65.7 Å². The second-order valence-electron chi connectivity index (χ2n) is 5.01. The molecule has 0 aromatic carbocycles. The average molecular weight is 242 g/mol. The van der Waals surface area contributed by atoms with Gasteiger partial charge < -0.3 is 5.11 Å². The maximum atomic E-state index is 11.7. The Balaban J connectivity index is 3.63. The summed E-state index contributed by atoms with van der Waals surface area (Å²) >= 11 is 0. The maximum Gasteiger partial charge on any atom is 0.161 e. The number of aliphatic hydroxyl groups excluding tert-OH is 1. The Morgan fingerprint density at radius 1 is 0.941 bits per heavy atom. The van der Waals surface area contributed by atoms with Gasteiger partial charge in [-0.05, 0) is 12.3 Å². The van der Waals surface area contributed by atoms with Gasteiger partial charge in [0, 0.05) is 6.42 Å². The number of carbonyl (C=O) groups is 1. The summed E-state index contributed by atoms with van der Waals surface area (Å²) in [5.41, 5.74) is 0. The van der Waals surface area contributed by atoms with E-state index in [1.807, 2.05) is 13.8 Å². The van der Waals surface area contributed by atoms with Crippen molar-refractivity contribution in [3.8, 4) is 0 Å². The van der Waals surface area contributed by atoms with Crippen molar-refractivity contribution < 1.29 is 9.90 Å². The van der Waals surface area contributed by atoms with Gasteiger partial charge in [0.25, 0.3) is 0 Å². The minimum absolute atomic E-state index is 0.0502. The third-order valence-corrected chi connectivity index (χ3v) is 3.60. The largest absolute Gasteiger partial charge is 0.385 e. The van der Waals surface area contributed by atoms with Gasteiger partial charge in [0.15, 0.2) is 5.78 Å². The normalized spacial score (nSPS) is 13.0. The van der Waals surface area contributed by atoms with Gasteiger partial charge in [0.05, 0.1) is 0 Å². The second kappa shape index (κ2) is 10.8. The zero-order chi connectivity index (χ0) is 13.1. The van der Waals surface area contributed by atoms with Crippen LogP contribution in [-0.2, 0) is 4.79 Å². The molecule has 0 saturated heterocycles. The monoisotopic (exact) mass is 242 g/mol. The van der Waals surface area contributed by atoms with Crippen molar-refractivity contribution in [3.05, 3.63) is 0 Å². The molecule has 0 amide bonds. The molecule has 1 N–H and O–H groups in total. The molecule has 0 aromatic heterocycles. The summed E-state index contributed by atoms with van der Waals surface area (Å²) in [4.78, 5) is 11.7. The van der Waals surface area contributed by atoms with Gasteiger partial charge >= 0.3 is 0 Å². The van der Waals surface area contributed by atoms with E-state index >= 15 is 0 Å². The van der Waals surface area contributed by atoms with Crippen molar-refractivity contribution in [2.75, 3.05) is 0 Å². The van der Waals surface area contributed by atoms with Crippen molar-refractivity contribution in [2.24, 2.45) is 5.92 Å². The molecule has 0 rings (SSSR count). The maximum absolute atomic E-state index is 11.7. The fourth-order valence-electron chi connectivity index (χ4n) is 2.23. The Kier molecular flexibility index (Phi) is 10.5. The summed E-state index contributed by atoms with van der Waals surface area (Å²) in [6, 6.07) is 0. The molecule has 0 spiro atoms. The summed E-state index contributed by atoms with van der Waals surface area (Å²) in [5, 5.41) is 9.87. The van der Waals surface area contributed by atoms with Crippen LogP contribution in [0.15, 0.2) is 0 Å². The molecule has 1 unspecified atom stereocenters. The van der Waals surface area contributed by atoms with Gasteiger partial charge in [-0.2, -0.15) is 0 Å². The topological polar surface area (TPSA) is 37.3 Å². The molecule has 0 aliphatic carbocycles. The first-order valence-corrected chi connectivity index (χ1v) is 7.38. The van der Waals surface area contributed by atoms with Crippen molar-refractivity contribution in [1.29, 1.82) is 0 Å². The van der Waals surface area contributed by atoms with Gasteiger partial charge in [-0.25, -0.2) is 0 Å². The van der Waals surface area contributed by atoms with E-state index in [1.165, 1.54) is 25.7 Å². The molecule has 0 fully saturated rings. The van der Waals surface area contributed by atoms with E-state index in [9.17, 15) is 9.90 Å². The van der Waals surface area contributed by atoms with Crippen LogP contribution in [0.4, 0.5) is 0 Å². The van der Waals surface area contributed by atoms with E-state index in [0.29, 0.717) is 6.42 Å². The van der Waals surface area contributed by atoms with Crippen molar-refractivity contribution in [3.63, 3.8) is 0 Å². The van der Waals surface area contributed by atoms with Crippen LogP contribution in [0.3, 0.4) is 0 Å². The molecule has 0 saturated carbocycles. The molecule has 2 nitrogen and oxygen atoms in total. The van der Waals surface area contributed by atoms with Crippen LogP contribution in [0.5, 0.6) is 0 Å². The zero-order valence-electron chi connectivity index (χ0n) is 11.9. The van der Waals surface area contributed by atoms with E-state index < -0.39 is 6.10 Å². The summed E-state index contributed by atoms with van der Waals surface area (Å²) < 4.78 is 0. The van der Waals surface area contributed by atoms with Crippen molar-refractivity contribution in [2.45, 2.75) is 84.7 Å². The molecule has 0 aromatic rings. The lowest BCUT2D eigenvalue weighted by molar-refractivity contribution is -0.130. The first-order chi connectivity index (χ1) is 8.17. The highest BCUT2D eigenvalue weighted by molar-refractivity contribution is 5.83. The number of hydrogen-bond acceptors (Lipinski definition) is 2. The van der Waals surface area contributed by atoms with Gasteiger partial charge in [0.1, 0.15) is 6.10 Å². The number of aliphatic hydroxyl groups is 1. The summed E-state index contributed by atoms with van der Waals surface area (Å²) in [7, 11) is 0. The van der Waals surface area contributed by atoms with Crippen molar-refractivity contribution >= 4 is 5.78 Å². The van der Waals surface area contributed by atoms with E-state index in [-0.39, 0.29) is 11.7 Å². The molecule has 102 valence electrons. The lowest BCUT2D eigenvalue weighted by atomic mass is 9.91. The minimum Gasteiger partial charge on any atom is -0.385 e. The summed E-state index contributed by atoms with van der Waals surface area (Å²) in [5.74, 6) is 0.205. The molecular formula is C15H30O2. The summed E-state index contributed by atoms with van der Waals surface area (Å²) in [6.07, 6.45) is 8.74. The highest BCUT2D eigenvalue weighted by Crippen LogP contribution is 2.16. The number of unbranched alkanes of at least 4 members (excludes halogenated alkanes) is 5. The first-order valence-electron chi connectivity index (χ1n) is 7.38. The third-order valence-electron chi connectivity index (χ3n) is 3.60. The molecule has 0 aliphatic rings. The van der Waals surface area contributed by atoms with Gasteiger partial charge in [0.2, 0.25) is 0 Å². The van der Waals surface area contributed by atoms with Crippen LogP contribution in [-0.4, -0.2) is 17.0 Å². The van der Waals surface area contributed by atoms with Gasteiger partial charge in [-0.3, -0.25) is 4.79 Å². The molecule has 2 heteroatoms. The number of carbonyl (C=O) groups excluding carboxylic acids is 1. The second-order valence-corrected chi connectivity index (χ2v) is 5.01. The Morgan fingerprint density at radius 2 is 1.47 bits per heavy atom. The van der Waals surface area contributed by atoms with Crippen LogP contribution in [0, 0.1) is 5.92 Å². The Hall–Kier alpha value is -0.370. The van der Waals surface area contributed by atoms with E-state index in [2.05, 4.69) is 6.92 Å². The summed E-state index contributed by atoms with van der Waals surface area (Å²) in [6.45, 7) is 6.28. The number of hydrogen-bond donors (Lipinski definition) is 1. The first kappa shape index (κ1) is 16.6. The van der Waals surface area contributed by atoms with E-state index in [4.69, 9.17) is 0 Å².